The summed E-state index contributed by atoms with van der Waals surface area (Å²) in [5.74, 6) is 2.25. The number of piperidine rings is 1. The van der Waals surface area contributed by atoms with E-state index in [1.54, 1.807) is 12.1 Å². The predicted molar refractivity (Wildman–Crippen MR) is 133 cm³/mol. The van der Waals surface area contributed by atoms with Gasteiger partial charge >= 0.3 is 0 Å². The third-order valence-corrected chi connectivity index (χ3v) is 6.84. The van der Waals surface area contributed by atoms with Crippen molar-refractivity contribution in [2.45, 2.75) is 33.2 Å². The minimum atomic E-state index is -0.120. The molecule has 4 aromatic rings. The summed E-state index contributed by atoms with van der Waals surface area (Å²) in [6, 6.07) is 18.9. The Labute approximate surface area is 204 Å². The predicted octanol–water partition coefficient (Wildman–Crippen LogP) is 5.20. The molecule has 0 aliphatic carbocycles. The van der Waals surface area contributed by atoms with E-state index in [-0.39, 0.29) is 23.7 Å². The van der Waals surface area contributed by atoms with Crippen molar-refractivity contribution in [2.24, 2.45) is 11.8 Å². The molecule has 3 heterocycles. The molecular weight excluding hydrogens is 442 g/mol. The van der Waals surface area contributed by atoms with E-state index in [0.29, 0.717) is 36.7 Å². The van der Waals surface area contributed by atoms with Gasteiger partial charge in [0.15, 0.2) is 5.58 Å². The summed E-state index contributed by atoms with van der Waals surface area (Å²) in [6.07, 6.45) is 1.59. The van der Waals surface area contributed by atoms with Crippen molar-refractivity contribution >= 4 is 22.9 Å². The van der Waals surface area contributed by atoms with Crippen LogP contribution in [0.3, 0.4) is 0 Å². The van der Waals surface area contributed by atoms with Gasteiger partial charge in [-0.2, -0.15) is 0 Å². The number of nitrogens with one attached hydrogen (secondary N) is 1. The molecule has 1 fully saturated rings. The molecule has 1 aliphatic heterocycles. The molecule has 1 saturated heterocycles. The number of nitrogens with zero attached hydrogens (tertiary/aromatic N) is 2. The van der Waals surface area contributed by atoms with E-state index in [2.05, 4.69) is 10.3 Å². The minimum Gasteiger partial charge on any atom is -0.465 e. The number of hydrogen-bond acceptors (Lipinski definition) is 5. The van der Waals surface area contributed by atoms with E-state index in [0.717, 1.165) is 35.4 Å². The van der Waals surface area contributed by atoms with Gasteiger partial charge in [-0.3, -0.25) is 9.59 Å². The first kappa shape index (κ1) is 22.9. The number of furan rings is 1. The van der Waals surface area contributed by atoms with Gasteiger partial charge in [-0.05, 0) is 68.1 Å². The second-order valence-corrected chi connectivity index (χ2v) is 9.22. The van der Waals surface area contributed by atoms with Crippen LogP contribution in [0.15, 0.2) is 69.5 Å². The summed E-state index contributed by atoms with van der Waals surface area (Å²) in [5, 5.41) is 2.97. The van der Waals surface area contributed by atoms with E-state index in [4.69, 9.17) is 8.83 Å². The zero-order valence-corrected chi connectivity index (χ0v) is 20.0. The Morgan fingerprint density at radius 2 is 1.83 bits per heavy atom. The molecule has 0 radical (unpaired) electrons. The van der Waals surface area contributed by atoms with Crippen molar-refractivity contribution in [3.63, 3.8) is 0 Å². The highest BCUT2D eigenvalue weighted by Gasteiger charge is 2.30. The minimum absolute atomic E-state index is 0.0201. The Balaban J connectivity index is 1.18. The fourth-order valence-corrected chi connectivity index (χ4v) is 4.68. The highest BCUT2D eigenvalue weighted by atomic mass is 16.3. The lowest BCUT2D eigenvalue weighted by atomic mass is 9.84. The summed E-state index contributed by atoms with van der Waals surface area (Å²) in [6.45, 7) is 5.50. The Kier molecular flexibility index (Phi) is 6.40. The van der Waals surface area contributed by atoms with Crippen LogP contribution in [0.1, 0.15) is 41.6 Å². The first-order chi connectivity index (χ1) is 17.0. The summed E-state index contributed by atoms with van der Waals surface area (Å²) in [4.78, 5) is 32.2. The molecule has 0 spiro atoms. The first-order valence-corrected chi connectivity index (χ1v) is 12.1. The van der Waals surface area contributed by atoms with Gasteiger partial charge in [-0.1, -0.05) is 25.1 Å². The SMILES string of the molecule is Cc1ccc(CNC(=O)[C@@H](C)C2CCN(C(=O)c3ccc4nc(-c5ccccc5)oc4c3)CC2)o1. The number of benzene rings is 2. The van der Waals surface area contributed by atoms with Gasteiger partial charge in [-0.15, -0.1) is 0 Å². The highest BCUT2D eigenvalue weighted by molar-refractivity contribution is 5.97. The van der Waals surface area contributed by atoms with Crippen molar-refractivity contribution in [3.8, 4) is 11.5 Å². The van der Waals surface area contributed by atoms with Crippen LogP contribution in [0.4, 0.5) is 0 Å². The zero-order valence-electron chi connectivity index (χ0n) is 20.0. The normalized spacial score (nSPS) is 15.3. The molecule has 180 valence electrons. The molecule has 2 aromatic heterocycles. The Morgan fingerprint density at radius 3 is 2.54 bits per heavy atom. The number of amides is 2. The maximum atomic E-state index is 13.2. The standard InChI is InChI=1S/C28H29N3O4/c1-18-8-10-23(34-18)17-29-26(32)19(2)20-12-14-31(15-13-20)28(33)22-9-11-24-25(16-22)35-27(30-24)21-6-4-3-5-7-21/h3-11,16,19-20H,12-15,17H2,1-2H3,(H,29,32)/t19-/m0/s1. The second kappa shape index (κ2) is 9.78. The van der Waals surface area contributed by atoms with Crippen LogP contribution in [-0.4, -0.2) is 34.8 Å². The van der Waals surface area contributed by atoms with Crippen LogP contribution in [0, 0.1) is 18.8 Å². The van der Waals surface area contributed by atoms with Crippen LogP contribution < -0.4 is 5.32 Å². The average molecular weight is 472 g/mol. The Bertz CT molecular complexity index is 1330. The molecule has 7 nitrogen and oxygen atoms in total. The number of oxazole rings is 1. The maximum Gasteiger partial charge on any atom is 0.253 e. The topological polar surface area (TPSA) is 88.6 Å². The van der Waals surface area contributed by atoms with Crippen molar-refractivity contribution in [2.75, 3.05) is 13.1 Å². The molecule has 0 bridgehead atoms. The fourth-order valence-electron chi connectivity index (χ4n) is 4.68. The van der Waals surface area contributed by atoms with Crippen LogP contribution in [-0.2, 0) is 11.3 Å². The molecule has 7 heteroatoms. The van der Waals surface area contributed by atoms with Crippen molar-refractivity contribution < 1.29 is 18.4 Å². The summed E-state index contributed by atoms with van der Waals surface area (Å²) >= 11 is 0. The third kappa shape index (κ3) is 4.99. The number of carbonyl (C=O) groups excluding carboxylic acids is 2. The third-order valence-electron chi connectivity index (χ3n) is 6.84. The lowest BCUT2D eigenvalue weighted by Gasteiger charge is -2.34. The highest BCUT2D eigenvalue weighted by Crippen LogP contribution is 2.28. The number of likely N-dealkylation sites (tertiary alicyclic amines) is 1. The number of fused-ring (bicyclic) bond motifs is 1. The molecule has 0 saturated carbocycles. The number of aryl methyl sites for hydroxylation is 1. The lowest BCUT2D eigenvalue weighted by molar-refractivity contribution is -0.126. The smallest absolute Gasteiger partial charge is 0.253 e. The van der Waals surface area contributed by atoms with Gasteiger partial charge in [0.1, 0.15) is 17.0 Å². The van der Waals surface area contributed by atoms with Gasteiger partial charge in [0, 0.05) is 30.1 Å². The van der Waals surface area contributed by atoms with Gasteiger partial charge < -0.3 is 19.1 Å². The molecule has 0 unspecified atom stereocenters. The Morgan fingerprint density at radius 1 is 1.06 bits per heavy atom. The number of rotatable bonds is 6. The largest absolute Gasteiger partial charge is 0.465 e. The molecule has 5 rings (SSSR count). The molecular formula is C28H29N3O4. The number of aromatic nitrogens is 1. The number of carbonyl (C=O) groups is 2. The van der Waals surface area contributed by atoms with Crippen molar-refractivity contribution in [3.05, 3.63) is 77.7 Å². The van der Waals surface area contributed by atoms with Gasteiger partial charge in [0.05, 0.1) is 6.54 Å². The maximum absolute atomic E-state index is 13.2. The van der Waals surface area contributed by atoms with Crippen LogP contribution >= 0.6 is 0 Å². The fraction of sp³-hybridized carbons (Fsp3) is 0.321. The molecule has 1 N–H and O–H groups in total. The molecule has 1 atom stereocenters. The van der Waals surface area contributed by atoms with Crippen molar-refractivity contribution in [1.82, 2.24) is 15.2 Å². The van der Waals surface area contributed by atoms with Crippen LogP contribution in [0.25, 0.3) is 22.6 Å². The molecule has 2 aromatic carbocycles. The second-order valence-electron chi connectivity index (χ2n) is 9.22. The van der Waals surface area contributed by atoms with E-state index in [1.807, 2.05) is 67.3 Å². The van der Waals surface area contributed by atoms with Gasteiger partial charge in [-0.25, -0.2) is 4.98 Å². The Hall–Kier alpha value is -3.87. The van der Waals surface area contributed by atoms with Gasteiger partial charge in [0.2, 0.25) is 11.8 Å². The summed E-state index contributed by atoms with van der Waals surface area (Å²) in [7, 11) is 0. The van der Waals surface area contributed by atoms with Crippen LogP contribution in [0.5, 0.6) is 0 Å². The quantitative estimate of drug-likeness (QED) is 0.418. The first-order valence-electron chi connectivity index (χ1n) is 12.1. The van der Waals surface area contributed by atoms with Crippen LogP contribution in [0.2, 0.25) is 0 Å². The van der Waals surface area contributed by atoms with E-state index in [9.17, 15) is 9.59 Å². The number of hydrogen-bond donors (Lipinski definition) is 1. The molecule has 35 heavy (non-hydrogen) atoms. The monoisotopic (exact) mass is 471 g/mol. The van der Waals surface area contributed by atoms with E-state index in [1.165, 1.54) is 0 Å². The van der Waals surface area contributed by atoms with E-state index >= 15 is 0 Å². The average Bonchev–Trinajstić information content (AvgIpc) is 3.52. The van der Waals surface area contributed by atoms with Crippen molar-refractivity contribution in [1.29, 1.82) is 0 Å². The summed E-state index contributed by atoms with van der Waals surface area (Å²) < 4.78 is 11.5. The zero-order chi connectivity index (χ0) is 24.4. The summed E-state index contributed by atoms with van der Waals surface area (Å²) in [5.41, 5.74) is 2.81. The van der Waals surface area contributed by atoms with Gasteiger partial charge in [0.25, 0.3) is 5.91 Å². The lowest BCUT2D eigenvalue weighted by Crippen LogP contribution is -2.42. The molecule has 1 aliphatic rings. The molecule has 2 amide bonds. The van der Waals surface area contributed by atoms with E-state index < -0.39 is 0 Å².